The molecule has 2 amide bonds. The van der Waals surface area contributed by atoms with E-state index in [-0.39, 0.29) is 12.1 Å². The monoisotopic (exact) mass is 376 g/mol. The molecule has 0 heterocycles. The van der Waals surface area contributed by atoms with Crippen LogP contribution in [0, 0.1) is 11.6 Å². The molecule has 0 atom stereocenters. The summed E-state index contributed by atoms with van der Waals surface area (Å²) in [5.74, 6) is -4.09. The fourth-order valence-corrected chi connectivity index (χ4v) is 2.26. The lowest BCUT2D eigenvalue weighted by Crippen LogP contribution is -2.35. The number of benzene rings is 2. The smallest absolute Gasteiger partial charge is 0.338 e. The lowest BCUT2D eigenvalue weighted by molar-refractivity contribution is -0.126. The summed E-state index contributed by atoms with van der Waals surface area (Å²) in [4.78, 5) is 35.3. The summed E-state index contributed by atoms with van der Waals surface area (Å²) in [7, 11) is 0. The van der Waals surface area contributed by atoms with Gasteiger partial charge in [0.2, 0.25) is 5.91 Å². The van der Waals surface area contributed by atoms with Gasteiger partial charge in [0.1, 0.15) is 11.6 Å². The molecule has 8 heteroatoms. The molecule has 0 bridgehead atoms. The van der Waals surface area contributed by atoms with E-state index in [4.69, 9.17) is 0 Å². The maximum absolute atomic E-state index is 13.1. The molecule has 0 aliphatic carbocycles. The zero-order valence-electron chi connectivity index (χ0n) is 14.6. The fourth-order valence-electron chi connectivity index (χ4n) is 2.26. The van der Waals surface area contributed by atoms with Crippen molar-refractivity contribution >= 4 is 23.5 Å². The summed E-state index contributed by atoms with van der Waals surface area (Å²) < 4.78 is 30.8. The first-order chi connectivity index (χ1) is 12.9. The van der Waals surface area contributed by atoms with Gasteiger partial charge in [0, 0.05) is 11.8 Å². The van der Waals surface area contributed by atoms with Crippen LogP contribution in [0.2, 0.25) is 0 Å². The number of halogens is 2. The van der Waals surface area contributed by atoms with Gasteiger partial charge in [-0.2, -0.15) is 0 Å². The van der Waals surface area contributed by atoms with Crippen LogP contribution in [0.5, 0.6) is 0 Å². The highest BCUT2D eigenvalue weighted by Gasteiger charge is 2.13. The minimum absolute atomic E-state index is 0.316. The third-order valence-electron chi connectivity index (χ3n) is 3.55. The molecule has 0 saturated carbocycles. The van der Waals surface area contributed by atoms with Crippen molar-refractivity contribution < 1.29 is 27.9 Å². The third kappa shape index (κ3) is 6.18. The molecule has 0 aliphatic heterocycles. The van der Waals surface area contributed by atoms with Crippen LogP contribution in [0.3, 0.4) is 0 Å². The van der Waals surface area contributed by atoms with Crippen molar-refractivity contribution in [2.45, 2.75) is 13.3 Å². The topological polar surface area (TPSA) is 84.5 Å². The highest BCUT2D eigenvalue weighted by molar-refractivity contribution is 5.96. The van der Waals surface area contributed by atoms with Gasteiger partial charge in [-0.15, -0.1) is 0 Å². The van der Waals surface area contributed by atoms with E-state index in [0.29, 0.717) is 11.8 Å². The summed E-state index contributed by atoms with van der Waals surface area (Å²) >= 11 is 0. The minimum Gasteiger partial charge on any atom is -0.452 e. The maximum Gasteiger partial charge on any atom is 0.338 e. The van der Waals surface area contributed by atoms with Gasteiger partial charge in [-0.1, -0.05) is 25.1 Å². The van der Waals surface area contributed by atoms with E-state index < -0.39 is 36.0 Å². The Kier molecular flexibility index (Phi) is 6.99. The van der Waals surface area contributed by atoms with E-state index >= 15 is 0 Å². The molecular weight excluding hydrogens is 358 g/mol. The summed E-state index contributed by atoms with van der Waals surface area (Å²) in [6, 6.07) is 9.46. The molecule has 2 rings (SSSR count). The van der Waals surface area contributed by atoms with E-state index in [0.717, 1.165) is 24.1 Å². The number of anilines is 1. The number of esters is 1. The van der Waals surface area contributed by atoms with Crippen LogP contribution in [0.4, 0.5) is 14.5 Å². The van der Waals surface area contributed by atoms with Crippen molar-refractivity contribution in [2.75, 3.05) is 18.5 Å². The number of rotatable bonds is 7. The largest absolute Gasteiger partial charge is 0.452 e. The Morgan fingerprint density at radius 2 is 1.67 bits per heavy atom. The van der Waals surface area contributed by atoms with Gasteiger partial charge >= 0.3 is 5.97 Å². The van der Waals surface area contributed by atoms with E-state index in [2.05, 4.69) is 15.4 Å². The van der Waals surface area contributed by atoms with Gasteiger partial charge in [-0.25, -0.2) is 13.6 Å². The number of nitrogens with one attached hydrogen (secondary N) is 2. The lowest BCUT2D eigenvalue weighted by atomic mass is 10.1. The highest BCUT2D eigenvalue weighted by atomic mass is 19.1. The van der Waals surface area contributed by atoms with Crippen molar-refractivity contribution in [1.29, 1.82) is 0 Å². The first kappa shape index (κ1) is 20.0. The number of aryl methyl sites for hydroxylation is 1. The van der Waals surface area contributed by atoms with E-state index in [1.54, 1.807) is 12.1 Å². The first-order valence-electron chi connectivity index (χ1n) is 8.16. The molecule has 0 saturated heterocycles. The molecule has 0 aromatic heterocycles. The molecule has 0 unspecified atom stereocenters. The van der Waals surface area contributed by atoms with Gasteiger partial charge in [-0.05, 0) is 30.2 Å². The summed E-state index contributed by atoms with van der Waals surface area (Å²) in [6.07, 6.45) is 0.736. The van der Waals surface area contributed by atoms with Gasteiger partial charge < -0.3 is 15.4 Å². The van der Waals surface area contributed by atoms with Gasteiger partial charge in [-0.3, -0.25) is 9.59 Å². The van der Waals surface area contributed by atoms with Crippen LogP contribution >= 0.6 is 0 Å². The number of hydrogen-bond donors (Lipinski definition) is 2. The van der Waals surface area contributed by atoms with Crippen molar-refractivity contribution in [3.05, 3.63) is 65.2 Å². The first-order valence-corrected chi connectivity index (χ1v) is 8.16. The Balaban J connectivity index is 1.78. The second kappa shape index (κ2) is 9.42. The van der Waals surface area contributed by atoms with Gasteiger partial charge in [0.15, 0.2) is 6.61 Å². The van der Waals surface area contributed by atoms with Crippen LogP contribution in [-0.2, 0) is 20.7 Å². The van der Waals surface area contributed by atoms with Crippen LogP contribution < -0.4 is 10.6 Å². The molecule has 142 valence electrons. The Hall–Kier alpha value is -3.29. The molecule has 27 heavy (non-hydrogen) atoms. The van der Waals surface area contributed by atoms with Gasteiger partial charge in [0.25, 0.3) is 5.91 Å². The summed E-state index contributed by atoms with van der Waals surface area (Å²) in [5.41, 5.74) is 1.25. The van der Waals surface area contributed by atoms with Crippen LogP contribution in [0.15, 0.2) is 42.5 Å². The van der Waals surface area contributed by atoms with E-state index in [1.165, 1.54) is 0 Å². The average Bonchev–Trinajstić information content (AvgIpc) is 2.64. The SMILES string of the molecule is CCc1ccccc1NC(=O)CNC(=O)COC(=O)c1cc(F)cc(F)c1. The number of hydrogen-bond acceptors (Lipinski definition) is 4. The Bertz CT molecular complexity index is 835. The fraction of sp³-hybridized carbons (Fsp3) is 0.211. The summed E-state index contributed by atoms with van der Waals surface area (Å²) in [6.45, 7) is 0.949. The van der Waals surface area contributed by atoms with Crippen LogP contribution in [0.1, 0.15) is 22.8 Å². The van der Waals surface area contributed by atoms with Crippen molar-refractivity contribution in [1.82, 2.24) is 5.32 Å². The molecule has 0 aliphatic rings. The maximum atomic E-state index is 13.1. The van der Waals surface area contributed by atoms with Crippen LogP contribution in [-0.4, -0.2) is 30.9 Å². The predicted octanol–water partition coefficient (Wildman–Crippen LogP) is 2.44. The van der Waals surface area contributed by atoms with Crippen molar-refractivity contribution in [2.24, 2.45) is 0 Å². The molecular formula is C19H18F2N2O4. The van der Waals surface area contributed by atoms with E-state index in [1.807, 2.05) is 19.1 Å². The number of carbonyl (C=O) groups excluding carboxylic acids is 3. The highest BCUT2D eigenvalue weighted by Crippen LogP contribution is 2.15. The molecule has 0 spiro atoms. The number of amides is 2. The second-order valence-electron chi connectivity index (χ2n) is 5.57. The number of ether oxygens (including phenoxy) is 1. The average molecular weight is 376 g/mol. The Labute approximate surface area is 154 Å². The molecule has 0 fully saturated rings. The normalized spacial score (nSPS) is 10.2. The zero-order valence-corrected chi connectivity index (χ0v) is 14.6. The number of para-hydroxylation sites is 1. The molecule has 0 radical (unpaired) electrons. The van der Waals surface area contributed by atoms with Crippen LogP contribution in [0.25, 0.3) is 0 Å². The predicted molar refractivity (Wildman–Crippen MR) is 94.1 cm³/mol. The third-order valence-corrected chi connectivity index (χ3v) is 3.55. The zero-order chi connectivity index (χ0) is 19.8. The standard InChI is InChI=1S/C19H18F2N2O4/c1-2-12-5-3-4-6-16(12)23-17(24)10-22-18(25)11-27-19(26)13-7-14(20)9-15(21)8-13/h3-9H,2,10-11H2,1H3,(H,22,25)(H,23,24). The lowest BCUT2D eigenvalue weighted by Gasteiger charge is -2.10. The minimum atomic E-state index is -1.05. The van der Waals surface area contributed by atoms with Gasteiger partial charge in [0.05, 0.1) is 12.1 Å². The van der Waals surface area contributed by atoms with Crippen molar-refractivity contribution in [3.63, 3.8) is 0 Å². The van der Waals surface area contributed by atoms with Crippen molar-refractivity contribution in [3.8, 4) is 0 Å². The molecule has 2 aromatic rings. The number of carbonyl (C=O) groups is 3. The van der Waals surface area contributed by atoms with E-state index in [9.17, 15) is 23.2 Å². The molecule has 2 N–H and O–H groups in total. The quantitative estimate of drug-likeness (QED) is 0.727. The summed E-state index contributed by atoms with van der Waals surface area (Å²) in [5, 5.41) is 4.97. The second-order valence-corrected chi connectivity index (χ2v) is 5.57. The Morgan fingerprint density at radius 3 is 2.33 bits per heavy atom. The molecule has 2 aromatic carbocycles. The Morgan fingerprint density at radius 1 is 1.00 bits per heavy atom. The molecule has 6 nitrogen and oxygen atoms in total.